The van der Waals surface area contributed by atoms with Crippen LogP contribution in [0.3, 0.4) is 0 Å². The molecule has 0 aliphatic carbocycles. The monoisotopic (exact) mass is 321 g/mol. The van der Waals surface area contributed by atoms with Gasteiger partial charge in [-0.3, -0.25) is 4.79 Å². The third-order valence-corrected chi connectivity index (χ3v) is 3.25. The molecule has 0 saturated carbocycles. The minimum absolute atomic E-state index is 0.0548. The van der Waals surface area contributed by atoms with Gasteiger partial charge in [0.1, 0.15) is 0 Å². The number of carbonyl (C=O) groups is 2. The summed E-state index contributed by atoms with van der Waals surface area (Å²) < 4.78 is 5.37. The van der Waals surface area contributed by atoms with Gasteiger partial charge < -0.3 is 15.4 Å². The highest BCUT2D eigenvalue weighted by atomic mass is 16.8. The predicted octanol–water partition coefficient (Wildman–Crippen LogP) is 2.40. The van der Waals surface area contributed by atoms with E-state index in [0.29, 0.717) is 17.9 Å². The van der Waals surface area contributed by atoms with Crippen molar-refractivity contribution < 1.29 is 19.2 Å². The molecular formula is C16H23N3O4. The van der Waals surface area contributed by atoms with Gasteiger partial charge in [-0.25, -0.2) is 15.1 Å². The first-order valence-corrected chi connectivity index (χ1v) is 7.80. The van der Waals surface area contributed by atoms with Crippen molar-refractivity contribution in [2.45, 2.75) is 45.4 Å². The molecule has 23 heavy (non-hydrogen) atoms. The number of carbonyl (C=O) groups excluding carboxylic acids is 2. The first-order chi connectivity index (χ1) is 11.0. The summed E-state index contributed by atoms with van der Waals surface area (Å²) >= 11 is 0. The Morgan fingerprint density at radius 3 is 2.57 bits per heavy atom. The molecule has 1 fully saturated rings. The Labute approximate surface area is 135 Å². The van der Waals surface area contributed by atoms with Crippen molar-refractivity contribution in [3.05, 3.63) is 29.8 Å². The number of hydroxylamine groups is 1. The van der Waals surface area contributed by atoms with E-state index in [2.05, 4.69) is 16.1 Å². The number of hydrogen-bond donors (Lipinski definition) is 3. The molecular weight excluding hydrogens is 298 g/mol. The van der Waals surface area contributed by atoms with Crippen LogP contribution in [0.2, 0.25) is 0 Å². The molecule has 1 atom stereocenters. The first-order valence-electron chi connectivity index (χ1n) is 7.80. The van der Waals surface area contributed by atoms with Crippen LogP contribution in [-0.2, 0) is 9.57 Å². The van der Waals surface area contributed by atoms with Gasteiger partial charge in [0.15, 0.2) is 6.29 Å². The highest BCUT2D eigenvalue weighted by Crippen LogP contribution is 2.13. The van der Waals surface area contributed by atoms with E-state index in [0.717, 1.165) is 19.3 Å². The van der Waals surface area contributed by atoms with Crippen molar-refractivity contribution in [1.29, 1.82) is 0 Å². The van der Waals surface area contributed by atoms with Crippen LogP contribution in [0.15, 0.2) is 24.3 Å². The van der Waals surface area contributed by atoms with Crippen LogP contribution >= 0.6 is 0 Å². The van der Waals surface area contributed by atoms with Crippen molar-refractivity contribution in [3.63, 3.8) is 0 Å². The van der Waals surface area contributed by atoms with Crippen LogP contribution in [0.5, 0.6) is 0 Å². The zero-order chi connectivity index (χ0) is 16.7. The van der Waals surface area contributed by atoms with Gasteiger partial charge >= 0.3 is 6.03 Å². The maximum absolute atomic E-state index is 12.0. The van der Waals surface area contributed by atoms with Gasteiger partial charge in [-0.1, -0.05) is 0 Å². The quantitative estimate of drug-likeness (QED) is 0.727. The summed E-state index contributed by atoms with van der Waals surface area (Å²) in [5.41, 5.74) is 3.44. The zero-order valence-electron chi connectivity index (χ0n) is 13.4. The van der Waals surface area contributed by atoms with Crippen LogP contribution in [-0.4, -0.2) is 30.9 Å². The molecule has 0 bridgehead atoms. The SMILES string of the molecule is CC(C)NC(=O)Nc1ccc(C(=O)NOC2CCCCO2)cc1. The average molecular weight is 321 g/mol. The van der Waals surface area contributed by atoms with E-state index >= 15 is 0 Å². The fourth-order valence-corrected chi connectivity index (χ4v) is 2.12. The van der Waals surface area contributed by atoms with Gasteiger partial charge in [-0.05, 0) is 51.0 Å². The second kappa shape index (κ2) is 8.50. The number of ether oxygens (including phenoxy) is 1. The molecule has 1 aromatic rings. The van der Waals surface area contributed by atoms with Crippen molar-refractivity contribution in [3.8, 4) is 0 Å². The summed E-state index contributed by atoms with van der Waals surface area (Å²) in [5, 5.41) is 5.41. The first kappa shape index (κ1) is 17.2. The van der Waals surface area contributed by atoms with E-state index in [1.54, 1.807) is 24.3 Å². The molecule has 3 amide bonds. The minimum Gasteiger partial charge on any atom is -0.350 e. The smallest absolute Gasteiger partial charge is 0.319 e. The second-order valence-corrected chi connectivity index (χ2v) is 5.68. The van der Waals surface area contributed by atoms with Crippen molar-refractivity contribution in [1.82, 2.24) is 10.8 Å². The number of hydrogen-bond acceptors (Lipinski definition) is 4. The van der Waals surface area contributed by atoms with E-state index < -0.39 is 0 Å². The normalized spacial score (nSPS) is 17.6. The van der Waals surface area contributed by atoms with E-state index in [4.69, 9.17) is 9.57 Å². The largest absolute Gasteiger partial charge is 0.350 e. The van der Waals surface area contributed by atoms with Gasteiger partial charge in [0, 0.05) is 30.3 Å². The summed E-state index contributed by atoms with van der Waals surface area (Å²) in [6.07, 6.45) is 2.44. The lowest BCUT2D eigenvalue weighted by Crippen LogP contribution is -2.34. The van der Waals surface area contributed by atoms with E-state index in [9.17, 15) is 9.59 Å². The van der Waals surface area contributed by atoms with Crippen molar-refractivity contribution >= 4 is 17.6 Å². The lowest BCUT2D eigenvalue weighted by molar-refractivity contribution is -0.186. The van der Waals surface area contributed by atoms with Crippen LogP contribution in [0.25, 0.3) is 0 Å². The van der Waals surface area contributed by atoms with Gasteiger partial charge in [-0.2, -0.15) is 0 Å². The maximum Gasteiger partial charge on any atom is 0.319 e. The average Bonchev–Trinajstić information content (AvgIpc) is 2.53. The Morgan fingerprint density at radius 2 is 1.96 bits per heavy atom. The summed E-state index contributed by atoms with van der Waals surface area (Å²) in [4.78, 5) is 28.8. The minimum atomic E-state index is -0.381. The summed E-state index contributed by atoms with van der Waals surface area (Å²) in [5.74, 6) is -0.350. The van der Waals surface area contributed by atoms with Crippen molar-refractivity contribution in [2.24, 2.45) is 0 Å². The summed E-state index contributed by atoms with van der Waals surface area (Å²) in [6.45, 7) is 4.41. The van der Waals surface area contributed by atoms with Crippen LogP contribution < -0.4 is 16.1 Å². The molecule has 2 rings (SSSR count). The van der Waals surface area contributed by atoms with Crippen LogP contribution in [0, 0.1) is 0 Å². The molecule has 3 N–H and O–H groups in total. The molecule has 1 aromatic carbocycles. The molecule has 1 saturated heterocycles. The highest BCUT2D eigenvalue weighted by molar-refractivity contribution is 5.95. The molecule has 1 heterocycles. The Hall–Kier alpha value is -2.12. The van der Waals surface area contributed by atoms with Crippen LogP contribution in [0.1, 0.15) is 43.5 Å². The Morgan fingerprint density at radius 1 is 1.22 bits per heavy atom. The fourth-order valence-electron chi connectivity index (χ4n) is 2.12. The lowest BCUT2D eigenvalue weighted by atomic mass is 10.2. The molecule has 126 valence electrons. The van der Waals surface area contributed by atoms with Gasteiger partial charge in [0.05, 0.1) is 0 Å². The zero-order valence-corrected chi connectivity index (χ0v) is 13.4. The number of urea groups is 1. The molecule has 1 unspecified atom stereocenters. The molecule has 0 aromatic heterocycles. The van der Waals surface area contributed by atoms with E-state index in [-0.39, 0.29) is 24.3 Å². The number of benzene rings is 1. The molecule has 7 heteroatoms. The fraction of sp³-hybridized carbons (Fsp3) is 0.500. The maximum atomic E-state index is 12.0. The topological polar surface area (TPSA) is 88.7 Å². The number of nitrogens with one attached hydrogen (secondary N) is 3. The number of anilines is 1. The Balaban J connectivity index is 1.81. The highest BCUT2D eigenvalue weighted by Gasteiger charge is 2.16. The van der Waals surface area contributed by atoms with E-state index in [1.807, 2.05) is 13.8 Å². The van der Waals surface area contributed by atoms with Gasteiger partial charge in [-0.15, -0.1) is 0 Å². The number of amides is 3. The lowest BCUT2D eigenvalue weighted by Gasteiger charge is -2.22. The Kier molecular flexibility index (Phi) is 6.37. The predicted molar refractivity (Wildman–Crippen MR) is 85.9 cm³/mol. The molecule has 7 nitrogen and oxygen atoms in total. The third kappa shape index (κ3) is 5.88. The Bertz CT molecular complexity index is 525. The van der Waals surface area contributed by atoms with Crippen LogP contribution in [0.4, 0.5) is 10.5 Å². The summed E-state index contributed by atoms with van der Waals surface area (Å²) in [7, 11) is 0. The third-order valence-electron chi connectivity index (χ3n) is 3.25. The molecule has 1 aliphatic heterocycles. The van der Waals surface area contributed by atoms with Gasteiger partial charge in [0.2, 0.25) is 0 Å². The van der Waals surface area contributed by atoms with Crippen molar-refractivity contribution in [2.75, 3.05) is 11.9 Å². The standard InChI is InChI=1S/C16H23N3O4/c1-11(2)17-16(21)18-13-8-6-12(7-9-13)15(20)19-23-14-5-3-4-10-22-14/h6-9,11,14H,3-5,10H2,1-2H3,(H,19,20)(H2,17,18,21). The second-order valence-electron chi connectivity index (χ2n) is 5.68. The molecule has 1 aliphatic rings. The number of rotatable bonds is 5. The van der Waals surface area contributed by atoms with E-state index in [1.165, 1.54) is 0 Å². The molecule has 0 radical (unpaired) electrons. The molecule has 0 spiro atoms. The van der Waals surface area contributed by atoms with Gasteiger partial charge in [0.25, 0.3) is 5.91 Å². The summed E-state index contributed by atoms with van der Waals surface area (Å²) in [6, 6.07) is 6.32.